The lowest BCUT2D eigenvalue weighted by Crippen LogP contribution is -2.27. The summed E-state index contributed by atoms with van der Waals surface area (Å²) in [4.78, 5) is 5.44. The zero-order valence-electron chi connectivity index (χ0n) is 23.3. The van der Waals surface area contributed by atoms with Crippen molar-refractivity contribution in [1.82, 2.24) is 0 Å². The molecule has 1 aromatic carbocycles. The van der Waals surface area contributed by atoms with E-state index in [0.717, 1.165) is 0 Å². The van der Waals surface area contributed by atoms with Gasteiger partial charge in [0.15, 0.2) is 0 Å². The van der Waals surface area contributed by atoms with Gasteiger partial charge in [-0.3, -0.25) is 0 Å². The molecule has 5 rings (SSSR count). The van der Waals surface area contributed by atoms with E-state index in [9.17, 15) is 0 Å². The van der Waals surface area contributed by atoms with E-state index in [2.05, 4.69) is 60.3 Å². The first-order valence-corrected chi connectivity index (χ1v) is 21.8. The van der Waals surface area contributed by atoms with E-state index >= 15 is 0 Å². The highest BCUT2D eigenvalue weighted by Gasteiger charge is 2.21. The van der Waals surface area contributed by atoms with Crippen LogP contribution in [0.25, 0.3) is 0 Å². The molecule has 1 aromatic rings. The zero-order valence-corrected chi connectivity index (χ0v) is 25.3. The van der Waals surface area contributed by atoms with Crippen molar-refractivity contribution < 1.29 is 0 Å². The van der Waals surface area contributed by atoms with E-state index < -0.39 is 16.1 Å². The molecule has 0 amide bonds. The molecule has 0 aliphatic carbocycles. The summed E-state index contributed by atoms with van der Waals surface area (Å²) in [6.07, 6.45) is 16.9. The standard InChI is InChI=1S/C30H56N2Si2/c1-33(2)25-13-5-9-21-31-23-11-7-15-27-34(3,4)28-16-8-12-24-32(22-10-6-14-26-33)30-19-17-29(31)18-20-30/h17-20H,5-16,21-28H2,1-4H3. The number of hydrogen-bond donors (Lipinski definition) is 0. The molecule has 0 spiro atoms. The van der Waals surface area contributed by atoms with Gasteiger partial charge in [0.05, 0.1) is 0 Å². The Labute approximate surface area is 214 Å². The van der Waals surface area contributed by atoms with Crippen LogP contribution in [-0.2, 0) is 0 Å². The van der Waals surface area contributed by atoms with Gasteiger partial charge < -0.3 is 9.80 Å². The number of fused-ring (bicyclic) bond motifs is 20. The molecule has 4 bridgehead atoms. The highest BCUT2D eigenvalue weighted by molar-refractivity contribution is 6.77. The zero-order chi connectivity index (χ0) is 24.3. The third-order valence-electron chi connectivity index (χ3n) is 8.71. The SMILES string of the molecule is C[Si]1(C)CCCCCN2CCCCC[Si](C)(C)CCCCCN(CCCCC1)c1ccc2cc1. The molecule has 0 saturated carbocycles. The maximum absolute atomic E-state index is 2.72. The molecular formula is C30H56N2Si2. The van der Waals surface area contributed by atoms with E-state index in [1.54, 1.807) is 0 Å². The summed E-state index contributed by atoms with van der Waals surface area (Å²) in [5, 5.41) is 0. The normalized spacial score (nSPS) is 24.2. The molecule has 2 nitrogen and oxygen atoms in total. The predicted molar refractivity (Wildman–Crippen MR) is 160 cm³/mol. The molecule has 4 aliphatic heterocycles. The summed E-state index contributed by atoms with van der Waals surface area (Å²) >= 11 is 0. The molecule has 0 saturated heterocycles. The Morgan fingerprint density at radius 1 is 0.412 bits per heavy atom. The van der Waals surface area contributed by atoms with Crippen LogP contribution in [0.1, 0.15) is 77.0 Å². The lowest BCUT2D eigenvalue weighted by molar-refractivity contribution is 0.627. The van der Waals surface area contributed by atoms with Crippen molar-refractivity contribution >= 4 is 27.5 Å². The maximum Gasteiger partial charge on any atom is 0.0473 e. The van der Waals surface area contributed by atoms with Gasteiger partial charge in [-0.2, -0.15) is 0 Å². The van der Waals surface area contributed by atoms with Crippen molar-refractivity contribution in [3.63, 3.8) is 0 Å². The Hall–Kier alpha value is -0.746. The van der Waals surface area contributed by atoms with Crippen molar-refractivity contribution in [3.8, 4) is 0 Å². The fourth-order valence-electron chi connectivity index (χ4n) is 6.20. The van der Waals surface area contributed by atoms with E-state index in [1.165, 1.54) is 139 Å². The van der Waals surface area contributed by atoms with Crippen LogP contribution in [-0.4, -0.2) is 42.3 Å². The molecule has 194 valence electrons. The monoisotopic (exact) mass is 500 g/mol. The van der Waals surface area contributed by atoms with Gasteiger partial charge in [0.2, 0.25) is 0 Å². The largest absolute Gasteiger partial charge is 0.372 e. The highest BCUT2D eigenvalue weighted by Crippen LogP contribution is 2.27. The Morgan fingerprint density at radius 2 is 0.676 bits per heavy atom. The second-order valence-corrected chi connectivity index (χ2v) is 23.7. The molecule has 4 heterocycles. The van der Waals surface area contributed by atoms with Gasteiger partial charge in [-0.25, -0.2) is 0 Å². The van der Waals surface area contributed by atoms with Crippen LogP contribution in [0.15, 0.2) is 24.3 Å². The van der Waals surface area contributed by atoms with Gasteiger partial charge >= 0.3 is 0 Å². The van der Waals surface area contributed by atoms with Gasteiger partial charge in [0.25, 0.3) is 0 Å². The number of rotatable bonds is 0. The molecule has 34 heavy (non-hydrogen) atoms. The third-order valence-corrected chi connectivity index (χ3v) is 15.5. The second-order valence-electron chi connectivity index (χ2n) is 13.1. The molecule has 0 atom stereocenters. The van der Waals surface area contributed by atoms with Gasteiger partial charge in [-0.05, 0) is 49.9 Å². The number of benzene rings is 1. The fraction of sp³-hybridized carbons (Fsp3) is 0.800. The van der Waals surface area contributed by atoms with Crippen molar-refractivity contribution in [2.75, 3.05) is 36.0 Å². The molecule has 0 unspecified atom stereocenters. The molecule has 0 N–H and O–H groups in total. The molecule has 4 heteroatoms. The van der Waals surface area contributed by atoms with Crippen LogP contribution in [0.3, 0.4) is 0 Å². The molecule has 4 aliphatic rings. The minimum atomic E-state index is -0.997. The van der Waals surface area contributed by atoms with E-state index in [-0.39, 0.29) is 0 Å². The Bertz CT molecular complexity index is 595. The van der Waals surface area contributed by atoms with Gasteiger partial charge in [-0.1, -0.05) is 102 Å². The summed E-state index contributed by atoms with van der Waals surface area (Å²) in [5.41, 5.74) is 2.92. The molecule has 0 radical (unpaired) electrons. The van der Waals surface area contributed by atoms with E-state index in [4.69, 9.17) is 0 Å². The topological polar surface area (TPSA) is 6.48 Å². The summed E-state index contributed by atoms with van der Waals surface area (Å²) in [5.74, 6) is 0. The molecule has 0 fully saturated rings. The highest BCUT2D eigenvalue weighted by atomic mass is 28.3. The summed E-state index contributed by atoms with van der Waals surface area (Å²) in [7, 11) is -1.99. The summed E-state index contributed by atoms with van der Waals surface area (Å²) in [6, 6.07) is 15.9. The lowest BCUT2D eigenvalue weighted by Gasteiger charge is -2.28. The Balaban J connectivity index is 1.76. The van der Waals surface area contributed by atoms with Gasteiger partial charge in [0, 0.05) is 53.7 Å². The first-order chi connectivity index (χ1) is 16.3. The minimum absolute atomic E-state index is 0.997. The van der Waals surface area contributed by atoms with Crippen molar-refractivity contribution in [1.29, 1.82) is 0 Å². The van der Waals surface area contributed by atoms with Crippen LogP contribution >= 0.6 is 0 Å². The van der Waals surface area contributed by atoms with Gasteiger partial charge in [-0.15, -0.1) is 0 Å². The van der Waals surface area contributed by atoms with Crippen molar-refractivity contribution in [2.24, 2.45) is 0 Å². The van der Waals surface area contributed by atoms with Crippen LogP contribution in [0.2, 0.25) is 50.4 Å². The lowest BCUT2D eigenvalue weighted by atomic mass is 10.1. The number of nitrogens with zero attached hydrogens (tertiary/aromatic N) is 2. The maximum atomic E-state index is 2.72. The van der Waals surface area contributed by atoms with Crippen LogP contribution in [0.4, 0.5) is 11.4 Å². The number of hydrogen-bond acceptors (Lipinski definition) is 2. The predicted octanol–water partition coefficient (Wildman–Crippen LogP) is 9.42. The van der Waals surface area contributed by atoms with Crippen LogP contribution < -0.4 is 9.80 Å². The van der Waals surface area contributed by atoms with E-state index in [1.807, 2.05) is 0 Å². The molecular weight excluding hydrogens is 445 g/mol. The first kappa shape index (κ1) is 27.8. The first-order valence-electron chi connectivity index (χ1n) is 14.9. The smallest absolute Gasteiger partial charge is 0.0473 e. The molecule has 0 aromatic heterocycles. The van der Waals surface area contributed by atoms with Crippen LogP contribution in [0, 0.1) is 0 Å². The number of anilines is 2. The minimum Gasteiger partial charge on any atom is -0.372 e. The van der Waals surface area contributed by atoms with Crippen molar-refractivity contribution in [2.45, 2.75) is 127 Å². The fourth-order valence-corrected chi connectivity index (χ4v) is 11.5. The Kier molecular flexibility index (Phi) is 11.6. The van der Waals surface area contributed by atoms with Crippen LogP contribution in [0.5, 0.6) is 0 Å². The summed E-state index contributed by atoms with van der Waals surface area (Å²) < 4.78 is 0. The quantitative estimate of drug-likeness (QED) is 0.327. The average molecular weight is 501 g/mol. The third kappa shape index (κ3) is 10.1. The van der Waals surface area contributed by atoms with Crippen molar-refractivity contribution in [3.05, 3.63) is 24.3 Å². The van der Waals surface area contributed by atoms with Gasteiger partial charge in [0.1, 0.15) is 0 Å². The second kappa shape index (κ2) is 14.1. The van der Waals surface area contributed by atoms with E-state index in [0.29, 0.717) is 0 Å². The summed E-state index contributed by atoms with van der Waals surface area (Å²) in [6.45, 7) is 15.6. The Morgan fingerprint density at radius 3 is 0.941 bits per heavy atom. The average Bonchev–Trinajstić information content (AvgIpc) is 2.80.